The van der Waals surface area contributed by atoms with E-state index in [0.717, 1.165) is 28.7 Å². The average Bonchev–Trinajstić information content (AvgIpc) is 3.04. The van der Waals surface area contributed by atoms with Crippen molar-refractivity contribution in [1.29, 1.82) is 0 Å². The van der Waals surface area contributed by atoms with Crippen molar-refractivity contribution in [3.63, 3.8) is 0 Å². The molecule has 0 bridgehead atoms. The van der Waals surface area contributed by atoms with Gasteiger partial charge in [-0.2, -0.15) is 0 Å². The molecule has 0 aliphatic carbocycles. The van der Waals surface area contributed by atoms with E-state index in [0.29, 0.717) is 5.56 Å². The third-order valence-corrected chi connectivity index (χ3v) is 7.05. The van der Waals surface area contributed by atoms with Crippen LogP contribution in [0.1, 0.15) is 31.7 Å². The Morgan fingerprint density at radius 1 is 0.581 bits per heavy atom. The molecule has 0 heterocycles. The molecule has 0 aromatic heterocycles. The Bertz CT molecular complexity index is 1530. The molecule has 4 rings (SSSR count). The highest BCUT2D eigenvalue weighted by Gasteiger charge is 2.15. The highest BCUT2D eigenvalue weighted by Crippen LogP contribution is 2.33. The first-order chi connectivity index (χ1) is 20.8. The van der Waals surface area contributed by atoms with Crippen molar-refractivity contribution in [2.75, 3.05) is 13.2 Å². The van der Waals surface area contributed by atoms with Gasteiger partial charge in [-0.15, -0.1) is 0 Å². The highest BCUT2D eigenvalue weighted by molar-refractivity contribution is 5.91. The Morgan fingerprint density at radius 2 is 0.953 bits per heavy atom. The van der Waals surface area contributed by atoms with Crippen molar-refractivity contribution in [2.24, 2.45) is 0 Å². The SMILES string of the molecule is C=C(CO)C(=O)Oc1cc(OC(=O)C(=C)CO)cc(-c2ccc(-c3ccc(-c4ccc(CCCCC)cc4)cc3)cc2)c1. The molecule has 43 heavy (non-hydrogen) atoms. The summed E-state index contributed by atoms with van der Waals surface area (Å²) in [5.74, 6) is -1.41. The lowest BCUT2D eigenvalue weighted by Gasteiger charge is -2.12. The largest absolute Gasteiger partial charge is 0.423 e. The summed E-state index contributed by atoms with van der Waals surface area (Å²) in [7, 11) is 0. The van der Waals surface area contributed by atoms with Crippen molar-refractivity contribution >= 4 is 11.9 Å². The first kappa shape index (κ1) is 31.2. The maximum absolute atomic E-state index is 12.2. The van der Waals surface area contributed by atoms with Crippen LogP contribution in [0.4, 0.5) is 0 Å². The second-order valence-electron chi connectivity index (χ2n) is 10.3. The number of rotatable bonds is 13. The maximum atomic E-state index is 12.2. The predicted octanol–water partition coefficient (Wildman–Crippen LogP) is 7.33. The van der Waals surface area contributed by atoms with E-state index in [2.05, 4.69) is 68.6 Å². The van der Waals surface area contributed by atoms with Gasteiger partial charge in [0.1, 0.15) is 11.5 Å². The molecule has 0 aliphatic heterocycles. The predicted molar refractivity (Wildman–Crippen MR) is 170 cm³/mol. The third-order valence-electron chi connectivity index (χ3n) is 7.05. The Kier molecular flexibility index (Phi) is 10.8. The van der Waals surface area contributed by atoms with Gasteiger partial charge in [0.25, 0.3) is 0 Å². The molecular formula is C37H36O6. The minimum atomic E-state index is -0.807. The summed E-state index contributed by atoms with van der Waals surface area (Å²) in [6.07, 6.45) is 4.82. The molecule has 0 amide bonds. The molecule has 4 aromatic carbocycles. The second-order valence-corrected chi connectivity index (χ2v) is 10.3. The number of unbranched alkanes of at least 4 members (excludes halogenated alkanes) is 2. The van der Waals surface area contributed by atoms with Crippen LogP contribution in [-0.4, -0.2) is 35.4 Å². The van der Waals surface area contributed by atoms with Crippen LogP contribution in [0.3, 0.4) is 0 Å². The fourth-order valence-electron chi connectivity index (χ4n) is 4.50. The van der Waals surface area contributed by atoms with E-state index in [1.165, 1.54) is 36.5 Å². The van der Waals surface area contributed by atoms with Crippen LogP contribution >= 0.6 is 0 Å². The van der Waals surface area contributed by atoms with Crippen molar-refractivity contribution < 1.29 is 29.3 Å². The molecule has 0 spiro atoms. The monoisotopic (exact) mass is 576 g/mol. The van der Waals surface area contributed by atoms with Crippen molar-refractivity contribution in [3.05, 3.63) is 121 Å². The Hall–Kier alpha value is -4.78. The smallest absolute Gasteiger partial charge is 0.341 e. The number of ether oxygens (including phenoxy) is 2. The molecule has 2 N–H and O–H groups in total. The van der Waals surface area contributed by atoms with Gasteiger partial charge in [0.05, 0.1) is 24.4 Å². The third kappa shape index (κ3) is 8.38. The lowest BCUT2D eigenvalue weighted by atomic mass is 9.97. The molecule has 0 aliphatic rings. The van der Waals surface area contributed by atoms with Crippen molar-refractivity contribution in [3.8, 4) is 44.9 Å². The van der Waals surface area contributed by atoms with Gasteiger partial charge >= 0.3 is 11.9 Å². The van der Waals surface area contributed by atoms with E-state index in [1.807, 2.05) is 24.3 Å². The van der Waals surface area contributed by atoms with E-state index < -0.39 is 25.2 Å². The molecule has 0 saturated heterocycles. The van der Waals surface area contributed by atoms with Crippen LogP contribution in [0.2, 0.25) is 0 Å². The normalized spacial score (nSPS) is 10.7. The van der Waals surface area contributed by atoms with Crippen LogP contribution < -0.4 is 9.47 Å². The molecule has 4 aromatic rings. The van der Waals surface area contributed by atoms with Crippen LogP contribution in [-0.2, 0) is 16.0 Å². The first-order valence-corrected chi connectivity index (χ1v) is 14.3. The number of esters is 2. The number of aliphatic hydroxyl groups excluding tert-OH is 2. The average molecular weight is 577 g/mol. The molecule has 0 radical (unpaired) electrons. The first-order valence-electron chi connectivity index (χ1n) is 14.3. The van der Waals surface area contributed by atoms with Gasteiger partial charge in [0.2, 0.25) is 0 Å². The minimum absolute atomic E-state index is 0.100. The molecule has 0 saturated carbocycles. The van der Waals surface area contributed by atoms with Gasteiger partial charge < -0.3 is 19.7 Å². The maximum Gasteiger partial charge on any atom is 0.341 e. The van der Waals surface area contributed by atoms with Gasteiger partial charge in [-0.05, 0) is 63.9 Å². The van der Waals surface area contributed by atoms with Gasteiger partial charge in [-0.3, -0.25) is 0 Å². The van der Waals surface area contributed by atoms with Crippen LogP contribution in [0.5, 0.6) is 11.5 Å². The summed E-state index contributed by atoms with van der Waals surface area (Å²) in [4.78, 5) is 24.4. The molecule has 0 unspecified atom stereocenters. The zero-order valence-electron chi connectivity index (χ0n) is 24.3. The van der Waals surface area contributed by atoms with Gasteiger partial charge in [0, 0.05) is 6.07 Å². The number of hydrogen-bond donors (Lipinski definition) is 2. The van der Waals surface area contributed by atoms with Crippen LogP contribution in [0.15, 0.2) is 115 Å². The van der Waals surface area contributed by atoms with Crippen LogP contribution in [0.25, 0.3) is 33.4 Å². The summed E-state index contributed by atoms with van der Waals surface area (Å²) in [6.45, 7) is 8.08. The zero-order chi connectivity index (χ0) is 30.8. The molecule has 0 fully saturated rings. The fourth-order valence-corrected chi connectivity index (χ4v) is 4.50. The number of hydrogen-bond acceptors (Lipinski definition) is 6. The number of aliphatic hydroxyl groups is 2. The summed E-state index contributed by atoms with van der Waals surface area (Å²) >= 11 is 0. The molecular weight excluding hydrogens is 540 g/mol. The number of carbonyl (C=O) groups excluding carboxylic acids is 2. The van der Waals surface area contributed by atoms with E-state index in [-0.39, 0.29) is 22.6 Å². The standard InChI is InChI=1S/C37H36O6/c1-4-5-6-7-27-8-10-28(11-9-27)29-12-14-30(15-13-29)31-16-18-32(19-17-31)33-20-34(42-36(40)25(2)23-38)22-35(21-33)43-37(41)26(3)24-39/h8-22,38-39H,2-7,23-24H2,1H3. The fraction of sp³-hybridized carbons (Fsp3) is 0.189. The summed E-state index contributed by atoms with van der Waals surface area (Å²) < 4.78 is 10.7. The molecule has 0 atom stereocenters. The van der Waals surface area contributed by atoms with Gasteiger partial charge in [0.15, 0.2) is 0 Å². The quantitative estimate of drug-likeness (QED) is 0.0749. The molecule has 6 heteroatoms. The molecule has 220 valence electrons. The second kappa shape index (κ2) is 14.9. The number of carbonyl (C=O) groups is 2. The Morgan fingerprint density at radius 3 is 1.33 bits per heavy atom. The molecule has 6 nitrogen and oxygen atoms in total. The Labute approximate surface area is 252 Å². The summed E-state index contributed by atoms with van der Waals surface area (Å²) in [5, 5.41) is 18.4. The topological polar surface area (TPSA) is 93.1 Å². The minimum Gasteiger partial charge on any atom is -0.423 e. The summed E-state index contributed by atoms with van der Waals surface area (Å²) in [5.41, 5.74) is 6.97. The Balaban J connectivity index is 1.54. The van der Waals surface area contributed by atoms with E-state index in [9.17, 15) is 19.8 Å². The van der Waals surface area contributed by atoms with E-state index in [4.69, 9.17) is 9.47 Å². The summed E-state index contributed by atoms with van der Waals surface area (Å²) in [6, 6.07) is 29.7. The number of aryl methyl sites for hydroxylation is 1. The van der Waals surface area contributed by atoms with Gasteiger partial charge in [-0.1, -0.05) is 106 Å². The van der Waals surface area contributed by atoms with Crippen molar-refractivity contribution in [1.82, 2.24) is 0 Å². The van der Waals surface area contributed by atoms with Gasteiger partial charge in [-0.25, -0.2) is 9.59 Å². The zero-order valence-corrected chi connectivity index (χ0v) is 24.3. The van der Waals surface area contributed by atoms with Crippen LogP contribution in [0, 0.1) is 0 Å². The number of benzene rings is 4. The lowest BCUT2D eigenvalue weighted by molar-refractivity contribution is -0.131. The highest BCUT2D eigenvalue weighted by atomic mass is 16.5. The lowest BCUT2D eigenvalue weighted by Crippen LogP contribution is -2.14. The van der Waals surface area contributed by atoms with E-state index in [1.54, 1.807) is 12.1 Å². The van der Waals surface area contributed by atoms with Crippen molar-refractivity contribution in [2.45, 2.75) is 32.6 Å². The van der Waals surface area contributed by atoms with E-state index >= 15 is 0 Å².